The Labute approximate surface area is 104 Å². The lowest BCUT2D eigenvalue weighted by atomic mass is 10.5. The van der Waals surface area contributed by atoms with Crippen molar-refractivity contribution in [3.63, 3.8) is 0 Å². The van der Waals surface area contributed by atoms with Gasteiger partial charge in [0.05, 0.1) is 5.75 Å². The summed E-state index contributed by atoms with van der Waals surface area (Å²) < 4.78 is 1.55. The van der Waals surface area contributed by atoms with Gasteiger partial charge in [0.1, 0.15) is 0 Å². The largest absolute Gasteiger partial charge is 0.355 e. The van der Waals surface area contributed by atoms with Gasteiger partial charge in [0.25, 0.3) is 0 Å². The predicted molar refractivity (Wildman–Crippen MR) is 67.2 cm³/mol. The maximum absolute atomic E-state index is 11.4. The Balaban J connectivity index is 2.51. The Morgan fingerprint density at radius 1 is 1.47 bits per heavy atom. The van der Waals surface area contributed by atoms with E-state index in [2.05, 4.69) is 15.5 Å². The van der Waals surface area contributed by atoms with E-state index in [0.29, 0.717) is 18.2 Å². The maximum Gasteiger partial charge on any atom is 0.343 e. The molecule has 2 N–H and O–H groups in total. The zero-order valence-corrected chi connectivity index (χ0v) is 11.0. The number of nitrogens with one attached hydrogen (secondary N) is 2. The Morgan fingerprint density at radius 2 is 2.24 bits per heavy atom. The number of hydrogen-bond donors (Lipinski definition) is 2. The highest BCUT2D eigenvalue weighted by Gasteiger charge is 2.10. The van der Waals surface area contributed by atoms with Crippen molar-refractivity contribution in [3.8, 4) is 0 Å². The number of aromatic amines is 1. The third-order valence-electron chi connectivity index (χ3n) is 2.07. The summed E-state index contributed by atoms with van der Waals surface area (Å²) in [6, 6.07) is 0. The van der Waals surface area contributed by atoms with Gasteiger partial charge in [-0.25, -0.2) is 9.89 Å². The summed E-state index contributed by atoms with van der Waals surface area (Å²) in [5, 5.41) is 9.64. The van der Waals surface area contributed by atoms with E-state index >= 15 is 0 Å². The maximum atomic E-state index is 11.4. The number of nitrogens with zero attached hydrogens (tertiary/aromatic N) is 2. The molecular formula is C10H18N4O2S. The minimum Gasteiger partial charge on any atom is -0.355 e. The van der Waals surface area contributed by atoms with Crippen LogP contribution in [0.25, 0.3) is 0 Å². The lowest BCUT2D eigenvalue weighted by molar-refractivity contribution is -0.118. The van der Waals surface area contributed by atoms with Crippen LogP contribution in [-0.4, -0.2) is 33.0 Å². The van der Waals surface area contributed by atoms with Crippen molar-refractivity contribution in [3.05, 3.63) is 10.5 Å². The first kappa shape index (κ1) is 13.8. The zero-order chi connectivity index (χ0) is 12.7. The predicted octanol–water partition coefficient (Wildman–Crippen LogP) is 0.600. The first-order valence-electron chi connectivity index (χ1n) is 5.73. The van der Waals surface area contributed by atoms with Crippen LogP contribution in [0.15, 0.2) is 9.95 Å². The summed E-state index contributed by atoms with van der Waals surface area (Å²) >= 11 is 1.27. The molecule has 1 aromatic rings. The van der Waals surface area contributed by atoms with Crippen molar-refractivity contribution in [1.29, 1.82) is 0 Å². The number of amides is 1. The van der Waals surface area contributed by atoms with Crippen LogP contribution in [0.5, 0.6) is 0 Å². The average Bonchev–Trinajstić information content (AvgIpc) is 2.66. The molecule has 17 heavy (non-hydrogen) atoms. The molecule has 1 aromatic heterocycles. The summed E-state index contributed by atoms with van der Waals surface area (Å²) in [5.74, 6) is 0.254. The van der Waals surface area contributed by atoms with Crippen molar-refractivity contribution in [2.75, 3.05) is 12.3 Å². The molecule has 0 fully saturated rings. The number of carbonyl (C=O) groups is 1. The average molecular weight is 258 g/mol. The van der Waals surface area contributed by atoms with Gasteiger partial charge in [0, 0.05) is 13.1 Å². The smallest absolute Gasteiger partial charge is 0.343 e. The molecule has 0 atom stereocenters. The monoisotopic (exact) mass is 258 g/mol. The second-order valence-electron chi connectivity index (χ2n) is 3.60. The highest BCUT2D eigenvalue weighted by atomic mass is 32.2. The molecule has 0 radical (unpaired) electrons. The minimum absolute atomic E-state index is 0.0321. The Morgan fingerprint density at radius 3 is 2.88 bits per heavy atom. The van der Waals surface area contributed by atoms with E-state index in [-0.39, 0.29) is 17.3 Å². The van der Waals surface area contributed by atoms with E-state index in [1.54, 1.807) is 4.57 Å². The number of thioether (sulfide) groups is 1. The fraction of sp³-hybridized carbons (Fsp3) is 0.700. The van der Waals surface area contributed by atoms with Crippen LogP contribution in [0.2, 0.25) is 0 Å². The lowest BCUT2D eigenvalue weighted by Crippen LogP contribution is -2.26. The van der Waals surface area contributed by atoms with Crippen molar-refractivity contribution >= 4 is 17.7 Å². The van der Waals surface area contributed by atoms with E-state index in [4.69, 9.17) is 0 Å². The molecule has 96 valence electrons. The highest BCUT2D eigenvalue weighted by molar-refractivity contribution is 7.99. The number of rotatable bonds is 7. The van der Waals surface area contributed by atoms with Crippen molar-refractivity contribution in [2.45, 2.75) is 38.4 Å². The van der Waals surface area contributed by atoms with Gasteiger partial charge in [-0.3, -0.25) is 9.36 Å². The second-order valence-corrected chi connectivity index (χ2v) is 4.54. The standard InChI is InChI=1S/C10H18N4O2S/c1-3-5-11-8(15)7-17-10-13-12-9(16)14(10)6-4-2/h3-7H2,1-2H3,(H,11,15)(H,12,16). The molecule has 0 aliphatic rings. The first-order chi connectivity index (χ1) is 8.19. The van der Waals surface area contributed by atoms with Crippen LogP contribution in [0.1, 0.15) is 26.7 Å². The SMILES string of the molecule is CCCNC(=O)CSc1n[nH]c(=O)n1CCC. The van der Waals surface area contributed by atoms with E-state index in [1.165, 1.54) is 11.8 Å². The fourth-order valence-corrected chi connectivity index (χ4v) is 2.08. The molecule has 7 heteroatoms. The summed E-state index contributed by atoms with van der Waals surface area (Å²) in [4.78, 5) is 22.8. The Bertz CT molecular complexity index is 413. The van der Waals surface area contributed by atoms with Crippen LogP contribution in [0, 0.1) is 0 Å². The van der Waals surface area contributed by atoms with Crippen LogP contribution in [-0.2, 0) is 11.3 Å². The van der Waals surface area contributed by atoms with Gasteiger partial charge in [0.2, 0.25) is 5.91 Å². The molecule has 1 amide bonds. The van der Waals surface area contributed by atoms with Gasteiger partial charge in [0.15, 0.2) is 5.16 Å². The van der Waals surface area contributed by atoms with E-state index in [1.807, 2.05) is 13.8 Å². The van der Waals surface area contributed by atoms with E-state index in [9.17, 15) is 9.59 Å². The molecule has 0 saturated carbocycles. The molecule has 0 aliphatic carbocycles. The zero-order valence-electron chi connectivity index (χ0n) is 10.2. The van der Waals surface area contributed by atoms with Crippen LogP contribution in [0.4, 0.5) is 0 Å². The minimum atomic E-state index is -0.219. The van der Waals surface area contributed by atoms with Crippen molar-refractivity contribution < 1.29 is 4.79 Å². The summed E-state index contributed by atoms with van der Waals surface area (Å²) in [7, 11) is 0. The summed E-state index contributed by atoms with van der Waals surface area (Å²) in [6.45, 7) is 5.29. The van der Waals surface area contributed by atoms with Gasteiger partial charge in [-0.15, -0.1) is 5.10 Å². The molecule has 0 bridgehead atoms. The summed E-state index contributed by atoms with van der Waals surface area (Å²) in [5.41, 5.74) is -0.219. The molecule has 0 spiro atoms. The Kier molecular flexibility index (Phi) is 5.82. The normalized spacial score (nSPS) is 10.5. The number of hydrogen-bond acceptors (Lipinski definition) is 4. The van der Waals surface area contributed by atoms with Crippen LogP contribution < -0.4 is 11.0 Å². The van der Waals surface area contributed by atoms with E-state index < -0.39 is 0 Å². The van der Waals surface area contributed by atoms with E-state index in [0.717, 1.165) is 12.8 Å². The third kappa shape index (κ3) is 4.26. The molecule has 0 aliphatic heterocycles. The number of carbonyl (C=O) groups excluding carboxylic acids is 1. The van der Waals surface area contributed by atoms with Crippen molar-refractivity contribution in [2.24, 2.45) is 0 Å². The van der Waals surface area contributed by atoms with Gasteiger partial charge >= 0.3 is 5.69 Å². The lowest BCUT2D eigenvalue weighted by Gasteiger charge is -2.04. The second kappa shape index (κ2) is 7.16. The third-order valence-corrected chi connectivity index (χ3v) is 3.05. The molecule has 0 unspecified atom stereocenters. The molecular weight excluding hydrogens is 240 g/mol. The van der Waals surface area contributed by atoms with Gasteiger partial charge in [-0.1, -0.05) is 25.6 Å². The number of aromatic nitrogens is 3. The molecule has 1 rings (SSSR count). The molecule has 0 aromatic carbocycles. The van der Waals surface area contributed by atoms with Gasteiger partial charge in [-0.2, -0.15) is 0 Å². The molecule has 0 saturated heterocycles. The van der Waals surface area contributed by atoms with Crippen molar-refractivity contribution in [1.82, 2.24) is 20.1 Å². The first-order valence-corrected chi connectivity index (χ1v) is 6.72. The van der Waals surface area contributed by atoms with Crippen LogP contribution >= 0.6 is 11.8 Å². The topological polar surface area (TPSA) is 79.8 Å². The number of H-pyrrole nitrogens is 1. The van der Waals surface area contributed by atoms with Crippen LogP contribution in [0.3, 0.4) is 0 Å². The molecule has 6 nitrogen and oxygen atoms in total. The Hall–Kier alpha value is -1.24. The molecule has 1 heterocycles. The highest BCUT2D eigenvalue weighted by Crippen LogP contribution is 2.12. The quantitative estimate of drug-likeness (QED) is 0.702. The van der Waals surface area contributed by atoms with Gasteiger partial charge in [-0.05, 0) is 12.8 Å². The summed E-state index contributed by atoms with van der Waals surface area (Å²) in [6.07, 6.45) is 1.77. The fourth-order valence-electron chi connectivity index (χ4n) is 1.28. The van der Waals surface area contributed by atoms with Gasteiger partial charge < -0.3 is 5.32 Å².